The van der Waals surface area contributed by atoms with Crippen LogP contribution in [0.2, 0.25) is 0 Å². The van der Waals surface area contributed by atoms with Gasteiger partial charge < -0.3 is 5.73 Å². The lowest BCUT2D eigenvalue weighted by atomic mass is 9.84. The van der Waals surface area contributed by atoms with Gasteiger partial charge in [0.15, 0.2) is 0 Å². The molecule has 5 nitrogen and oxygen atoms in total. The van der Waals surface area contributed by atoms with Crippen LogP contribution in [0.25, 0.3) is 0 Å². The van der Waals surface area contributed by atoms with Gasteiger partial charge in [0.2, 0.25) is 0 Å². The van der Waals surface area contributed by atoms with Crippen LogP contribution in [0.4, 0.5) is 0 Å². The molecule has 18 heavy (non-hydrogen) atoms. The molecule has 0 saturated heterocycles. The van der Waals surface area contributed by atoms with Crippen LogP contribution >= 0.6 is 12.4 Å². The molecule has 0 aromatic rings. The van der Waals surface area contributed by atoms with E-state index in [0.29, 0.717) is 12.5 Å². The fourth-order valence-corrected chi connectivity index (χ4v) is 3.79. The van der Waals surface area contributed by atoms with Gasteiger partial charge in [0.25, 0.3) is 10.2 Å². The largest absolute Gasteiger partial charge is 0.329 e. The van der Waals surface area contributed by atoms with Crippen molar-refractivity contribution < 1.29 is 8.42 Å². The fourth-order valence-electron chi connectivity index (χ4n) is 2.42. The summed E-state index contributed by atoms with van der Waals surface area (Å²) in [4.78, 5) is 0. The third-order valence-corrected chi connectivity index (χ3v) is 4.56. The summed E-state index contributed by atoms with van der Waals surface area (Å²) in [5.74, 6) is 0.387. The lowest BCUT2D eigenvalue weighted by Gasteiger charge is -2.30. The molecular formula is C11H26ClN3O2S. The predicted octanol–water partition coefficient (Wildman–Crippen LogP) is 1.15. The van der Waals surface area contributed by atoms with E-state index in [1.54, 1.807) is 13.8 Å². The van der Waals surface area contributed by atoms with E-state index in [4.69, 9.17) is 5.73 Å². The number of hydrogen-bond donors (Lipinski definition) is 3. The maximum Gasteiger partial charge on any atom is 0.277 e. The minimum Gasteiger partial charge on any atom is -0.329 e. The zero-order valence-corrected chi connectivity index (χ0v) is 12.8. The first-order chi connectivity index (χ1) is 7.94. The first-order valence-corrected chi connectivity index (χ1v) is 7.92. The average Bonchev–Trinajstić information content (AvgIpc) is 2.25. The Balaban J connectivity index is 0.00000289. The lowest BCUT2D eigenvalue weighted by Crippen LogP contribution is -2.51. The highest BCUT2D eigenvalue weighted by molar-refractivity contribution is 7.87. The first-order valence-electron chi connectivity index (χ1n) is 6.44. The second-order valence-corrected chi connectivity index (χ2v) is 6.61. The van der Waals surface area contributed by atoms with Gasteiger partial charge in [0.1, 0.15) is 0 Å². The number of nitrogens with two attached hydrogens (primary N) is 1. The summed E-state index contributed by atoms with van der Waals surface area (Å²) < 4.78 is 28.8. The fraction of sp³-hybridized carbons (Fsp3) is 1.00. The quantitative estimate of drug-likeness (QED) is 0.688. The number of hydrogen-bond acceptors (Lipinski definition) is 3. The summed E-state index contributed by atoms with van der Waals surface area (Å²) in [6, 6.07) is -0.233. The molecule has 0 amide bonds. The first kappa shape index (κ1) is 18.1. The van der Waals surface area contributed by atoms with Crippen LogP contribution in [-0.2, 0) is 10.2 Å². The van der Waals surface area contributed by atoms with E-state index in [1.807, 2.05) is 0 Å². The summed E-state index contributed by atoms with van der Waals surface area (Å²) >= 11 is 0. The van der Waals surface area contributed by atoms with Crippen molar-refractivity contribution in [3.05, 3.63) is 0 Å². The second-order valence-electron chi connectivity index (χ2n) is 5.13. The molecule has 7 heteroatoms. The van der Waals surface area contributed by atoms with Crippen molar-refractivity contribution in [3.63, 3.8) is 0 Å². The third-order valence-electron chi connectivity index (χ3n) is 3.17. The van der Waals surface area contributed by atoms with E-state index in [2.05, 4.69) is 9.44 Å². The maximum absolute atomic E-state index is 11.8. The van der Waals surface area contributed by atoms with E-state index in [1.165, 1.54) is 19.3 Å². The molecule has 1 aliphatic carbocycles. The van der Waals surface area contributed by atoms with Crippen molar-refractivity contribution in [2.75, 3.05) is 6.54 Å². The van der Waals surface area contributed by atoms with E-state index >= 15 is 0 Å². The van der Waals surface area contributed by atoms with Gasteiger partial charge in [-0.15, -0.1) is 12.4 Å². The van der Waals surface area contributed by atoms with Crippen molar-refractivity contribution in [1.29, 1.82) is 0 Å². The van der Waals surface area contributed by atoms with Crippen LogP contribution < -0.4 is 15.2 Å². The molecule has 0 radical (unpaired) electrons. The molecule has 0 bridgehead atoms. The van der Waals surface area contributed by atoms with Gasteiger partial charge in [0, 0.05) is 18.6 Å². The molecule has 0 aliphatic heterocycles. The van der Waals surface area contributed by atoms with E-state index in [-0.39, 0.29) is 24.5 Å². The SMILES string of the molecule is CC(C)NS(=O)(=O)NC(CN)C1CCCCC1.Cl. The van der Waals surface area contributed by atoms with Gasteiger partial charge in [0.05, 0.1) is 0 Å². The summed E-state index contributed by atoms with van der Waals surface area (Å²) in [5.41, 5.74) is 5.69. The summed E-state index contributed by atoms with van der Waals surface area (Å²) in [6.07, 6.45) is 5.77. The Bertz CT molecular complexity index is 316. The Labute approximate surface area is 117 Å². The molecule has 1 rings (SSSR count). The Morgan fingerprint density at radius 3 is 2.17 bits per heavy atom. The van der Waals surface area contributed by atoms with Crippen LogP contribution in [0, 0.1) is 5.92 Å². The maximum atomic E-state index is 11.8. The van der Waals surface area contributed by atoms with E-state index in [0.717, 1.165) is 12.8 Å². The van der Waals surface area contributed by atoms with Crippen molar-refractivity contribution in [3.8, 4) is 0 Å². The molecule has 0 spiro atoms. The number of halogens is 1. The van der Waals surface area contributed by atoms with Crippen LogP contribution in [0.3, 0.4) is 0 Å². The Morgan fingerprint density at radius 1 is 1.17 bits per heavy atom. The summed E-state index contributed by atoms with van der Waals surface area (Å²) in [5, 5.41) is 0. The molecule has 4 N–H and O–H groups in total. The van der Waals surface area contributed by atoms with Gasteiger partial charge in [-0.25, -0.2) is 0 Å². The number of nitrogens with one attached hydrogen (secondary N) is 2. The monoisotopic (exact) mass is 299 g/mol. The molecule has 110 valence electrons. The topological polar surface area (TPSA) is 84.2 Å². The van der Waals surface area contributed by atoms with Crippen molar-refractivity contribution in [1.82, 2.24) is 9.44 Å². The predicted molar refractivity (Wildman–Crippen MR) is 77.0 cm³/mol. The van der Waals surface area contributed by atoms with Crippen molar-refractivity contribution in [2.45, 2.75) is 58.0 Å². The highest BCUT2D eigenvalue weighted by Gasteiger charge is 2.26. The minimum atomic E-state index is -3.42. The van der Waals surface area contributed by atoms with Crippen LogP contribution in [0.1, 0.15) is 46.0 Å². The third kappa shape index (κ3) is 6.33. The minimum absolute atomic E-state index is 0. The van der Waals surface area contributed by atoms with Gasteiger partial charge in [-0.2, -0.15) is 17.9 Å². The molecular weight excluding hydrogens is 274 g/mol. The number of rotatable bonds is 6. The average molecular weight is 300 g/mol. The van der Waals surface area contributed by atoms with E-state index in [9.17, 15) is 8.42 Å². The van der Waals surface area contributed by atoms with E-state index < -0.39 is 10.2 Å². The Morgan fingerprint density at radius 2 is 1.72 bits per heavy atom. The molecule has 0 aromatic heterocycles. The van der Waals surface area contributed by atoms with Crippen LogP contribution in [-0.4, -0.2) is 27.0 Å². The zero-order valence-electron chi connectivity index (χ0n) is 11.2. The molecule has 1 fully saturated rings. The highest BCUT2D eigenvalue weighted by Crippen LogP contribution is 2.26. The highest BCUT2D eigenvalue weighted by atomic mass is 35.5. The normalized spacial score (nSPS) is 19.6. The second kappa shape index (κ2) is 8.32. The molecule has 1 aliphatic rings. The van der Waals surface area contributed by atoms with Crippen molar-refractivity contribution in [2.24, 2.45) is 11.7 Å². The zero-order chi connectivity index (χ0) is 12.9. The van der Waals surface area contributed by atoms with Crippen LogP contribution in [0.5, 0.6) is 0 Å². The van der Waals surface area contributed by atoms with Gasteiger partial charge in [-0.3, -0.25) is 0 Å². The van der Waals surface area contributed by atoms with Crippen molar-refractivity contribution >= 4 is 22.6 Å². The van der Waals surface area contributed by atoms with Crippen LogP contribution in [0.15, 0.2) is 0 Å². The molecule has 0 heterocycles. The summed E-state index contributed by atoms with van der Waals surface area (Å²) in [7, 11) is -3.42. The van der Waals surface area contributed by atoms with Gasteiger partial charge in [-0.1, -0.05) is 19.3 Å². The van der Waals surface area contributed by atoms with Gasteiger partial charge in [-0.05, 0) is 32.6 Å². The molecule has 1 atom stereocenters. The molecule has 1 saturated carbocycles. The Hall–Kier alpha value is 0.120. The Kier molecular flexibility index (Phi) is 8.38. The smallest absolute Gasteiger partial charge is 0.277 e. The summed E-state index contributed by atoms with van der Waals surface area (Å²) in [6.45, 7) is 3.97. The molecule has 1 unspecified atom stereocenters. The molecule has 0 aromatic carbocycles. The standard InChI is InChI=1S/C11H25N3O2S.ClH/c1-9(2)13-17(15,16)14-11(8-12)10-6-4-3-5-7-10;/h9-11,13-14H,3-8,12H2,1-2H3;1H. The lowest BCUT2D eigenvalue weighted by molar-refractivity contribution is 0.293. The van der Waals surface area contributed by atoms with Gasteiger partial charge >= 0.3 is 0 Å².